The fourth-order valence-electron chi connectivity index (χ4n) is 3.60. The molecular formula is C19H22N4O3. The molecule has 2 aliphatic heterocycles. The molecule has 2 bridgehead atoms. The zero-order chi connectivity index (χ0) is 17.9. The molecular weight excluding hydrogens is 332 g/mol. The predicted molar refractivity (Wildman–Crippen MR) is 95.0 cm³/mol. The molecule has 0 saturated carbocycles. The second kappa shape index (κ2) is 7.19. The van der Waals surface area contributed by atoms with E-state index in [-0.39, 0.29) is 23.9 Å². The Labute approximate surface area is 151 Å². The molecule has 2 N–H and O–H groups in total. The van der Waals surface area contributed by atoms with Gasteiger partial charge in [-0.3, -0.25) is 4.79 Å². The Bertz CT molecular complexity index is 789. The van der Waals surface area contributed by atoms with Crippen molar-refractivity contribution in [3.05, 3.63) is 42.3 Å². The molecule has 2 aliphatic rings. The summed E-state index contributed by atoms with van der Waals surface area (Å²) in [5.41, 5.74) is 1.57. The Hall–Kier alpha value is -2.83. The minimum absolute atomic E-state index is 0.0532. The number of hydrogen-bond donors (Lipinski definition) is 2. The summed E-state index contributed by atoms with van der Waals surface area (Å²) in [5.74, 6) is 0.505. The first-order chi connectivity index (χ1) is 12.7. The standard InChI is InChI=1S/C19H22N4O3/c24-17-14-7-4-8-15(21-17)11-23(10-14)19(25)20-9-16-12-26-18(22-16)13-5-2-1-3-6-13/h1-3,5-6,12,14-15H,4,7-11H2,(H,20,25)(H,21,24). The van der Waals surface area contributed by atoms with Crippen LogP contribution < -0.4 is 10.6 Å². The highest BCUT2D eigenvalue weighted by atomic mass is 16.3. The first-order valence-corrected chi connectivity index (χ1v) is 9.02. The number of aromatic nitrogens is 1. The summed E-state index contributed by atoms with van der Waals surface area (Å²) in [6, 6.07) is 9.52. The number of nitrogens with one attached hydrogen (secondary N) is 2. The number of carbonyl (C=O) groups excluding carboxylic acids is 2. The van der Waals surface area contributed by atoms with Crippen molar-refractivity contribution in [3.63, 3.8) is 0 Å². The molecule has 136 valence electrons. The second-order valence-electron chi connectivity index (χ2n) is 6.91. The summed E-state index contributed by atoms with van der Waals surface area (Å²) >= 11 is 0. The lowest BCUT2D eigenvalue weighted by molar-refractivity contribution is -0.124. The van der Waals surface area contributed by atoms with Crippen molar-refractivity contribution < 1.29 is 14.0 Å². The van der Waals surface area contributed by atoms with Crippen LogP contribution >= 0.6 is 0 Å². The van der Waals surface area contributed by atoms with Gasteiger partial charge in [0.05, 0.1) is 18.2 Å². The molecule has 2 atom stereocenters. The molecule has 0 aliphatic carbocycles. The predicted octanol–water partition coefficient (Wildman–Crippen LogP) is 2.15. The summed E-state index contributed by atoms with van der Waals surface area (Å²) in [6.07, 6.45) is 4.36. The molecule has 7 nitrogen and oxygen atoms in total. The smallest absolute Gasteiger partial charge is 0.317 e. The fraction of sp³-hybridized carbons (Fsp3) is 0.421. The van der Waals surface area contributed by atoms with Crippen molar-refractivity contribution >= 4 is 11.9 Å². The van der Waals surface area contributed by atoms with E-state index in [2.05, 4.69) is 15.6 Å². The van der Waals surface area contributed by atoms with E-state index in [0.29, 0.717) is 31.2 Å². The summed E-state index contributed by atoms with van der Waals surface area (Å²) in [4.78, 5) is 30.8. The van der Waals surface area contributed by atoms with Crippen LogP contribution in [-0.4, -0.2) is 41.0 Å². The van der Waals surface area contributed by atoms with E-state index >= 15 is 0 Å². The third-order valence-electron chi connectivity index (χ3n) is 4.98. The maximum atomic E-state index is 12.6. The molecule has 7 heteroatoms. The molecule has 2 fully saturated rings. The topological polar surface area (TPSA) is 87.5 Å². The molecule has 2 aromatic rings. The van der Waals surface area contributed by atoms with E-state index in [1.54, 1.807) is 11.2 Å². The van der Waals surface area contributed by atoms with Gasteiger partial charge in [0, 0.05) is 24.7 Å². The largest absolute Gasteiger partial charge is 0.444 e. The molecule has 26 heavy (non-hydrogen) atoms. The van der Waals surface area contributed by atoms with Gasteiger partial charge >= 0.3 is 6.03 Å². The lowest BCUT2D eigenvalue weighted by Gasteiger charge is -2.27. The van der Waals surface area contributed by atoms with Gasteiger partial charge in [-0.05, 0) is 25.0 Å². The quantitative estimate of drug-likeness (QED) is 0.884. The van der Waals surface area contributed by atoms with Gasteiger partial charge in [-0.25, -0.2) is 9.78 Å². The lowest BCUT2D eigenvalue weighted by Crippen LogP contribution is -2.46. The van der Waals surface area contributed by atoms with Gasteiger partial charge in [-0.15, -0.1) is 0 Å². The highest BCUT2D eigenvalue weighted by Gasteiger charge is 2.34. The van der Waals surface area contributed by atoms with Crippen LogP contribution in [0.15, 0.2) is 41.0 Å². The SMILES string of the molecule is O=C1NC2CCCC1CN(C(=O)NCc1coc(-c3ccccc3)n1)C2. The third-order valence-corrected chi connectivity index (χ3v) is 4.98. The monoisotopic (exact) mass is 354 g/mol. The molecule has 3 heterocycles. The van der Waals surface area contributed by atoms with Gasteiger partial charge in [0.1, 0.15) is 6.26 Å². The van der Waals surface area contributed by atoms with Gasteiger partial charge in [0.25, 0.3) is 0 Å². The maximum absolute atomic E-state index is 12.6. The molecule has 3 amide bonds. The van der Waals surface area contributed by atoms with E-state index in [4.69, 9.17) is 4.42 Å². The summed E-state index contributed by atoms with van der Waals surface area (Å²) in [6.45, 7) is 1.33. The number of oxazole rings is 1. The number of carbonyl (C=O) groups is 2. The number of likely N-dealkylation sites (tertiary alicyclic amines) is 1. The summed E-state index contributed by atoms with van der Waals surface area (Å²) in [5, 5.41) is 5.92. The van der Waals surface area contributed by atoms with Crippen LogP contribution in [0.25, 0.3) is 11.5 Å². The Morgan fingerprint density at radius 1 is 1.27 bits per heavy atom. The summed E-state index contributed by atoms with van der Waals surface area (Å²) in [7, 11) is 0. The second-order valence-corrected chi connectivity index (χ2v) is 6.91. The minimum Gasteiger partial charge on any atom is -0.444 e. The van der Waals surface area contributed by atoms with Crippen molar-refractivity contribution in [1.82, 2.24) is 20.5 Å². The number of fused-ring (bicyclic) bond motifs is 3. The van der Waals surface area contributed by atoms with Gasteiger partial charge < -0.3 is 20.0 Å². The zero-order valence-electron chi connectivity index (χ0n) is 14.5. The van der Waals surface area contributed by atoms with E-state index < -0.39 is 0 Å². The van der Waals surface area contributed by atoms with Crippen LogP contribution in [0, 0.1) is 5.92 Å². The molecule has 4 rings (SSSR count). The molecule has 2 saturated heterocycles. The number of amides is 3. The Morgan fingerprint density at radius 3 is 2.96 bits per heavy atom. The molecule has 2 unspecified atom stereocenters. The van der Waals surface area contributed by atoms with Crippen molar-refractivity contribution in [1.29, 1.82) is 0 Å². The Balaban J connectivity index is 1.37. The van der Waals surface area contributed by atoms with Crippen LogP contribution in [0.1, 0.15) is 25.0 Å². The molecule has 0 spiro atoms. The number of nitrogens with zero attached hydrogens (tertiary/aromatic N) is 2. The van der Waals surface area contributed by atoms with Gasteiger partial charge in [0.2, 0.25) is 11.8 Å². The average Bonchev–Trinajstić information content (AvgIpc) is 2.97. The van der Waals surface area contributed by atoms with Crippen molar-refractivity contribution in [3.8, 4) is 11.5 Å². The Kier molecular flexibility index (Phi) is 4.60. The van der Waals surface area contributed by atoms with Crippen molar-refractivity contribution in [2.45, 2.75) is 31.8 Å². The van der Waals surface area contributed by atoms with Gasteiger partial charge in [0.15, 0.2) is 0 Å². The lowest BCUT2D eigenvalue weighted by atomic mass is 9.99. The van der Waals surface area contributed by atoms with E-state index in [0.717, 1.165) is 24.8 Å². The van der Waals surface area contributed by atoms with Crippen LogP contribution in [0.2, 0.25) is 0 Å². The maximum Gasteiger partial charge on any atom is 0.317 e. The van der Waals surface area contributed by atoms with Crippen LogP contribution in [0.5, 0.6) is 0 Å². The molecule has 1 aromatic heterocycles. The van der Waals surface area contributed by atoms with E-state index in [1.165, 1.54) is 0 Å². The third kappa shape index (κ3) is 3.56. The van der Waals surface area contributed by atoms with Crippen LogP contribution in [0.4, 0.5) is 4.79 Å². The first kappa shape index (κ1) is 16.6. The molecule has 1 aromatic carbocycles. The summed E-state index contributed by atoms with van der Waals surface area (Å²) < 4.78 is 5.49. The van der Waals surface area contributed by atoms with Crippen molar-refractivity contribution in [2.75, 3.05) is 13.1 Å². The van der Waals surface area contributed by atoms with Crippen LogP contribution in [-0.2, 0) is 11.3 Å². The fourth-order valence-corrected chi connectivity index (χ4v) is 3.60. The number of benzene rings is 1. The average molecular weight is 354 g/mol. The number of hydrogen-bond acceptors (Lipinski definition) is 4. The van der Waals surface area contributed by atoms with E-state index in [1.807, 2.05) is 30.3 Å². The van der Waals surface area contributed by atoms with E-state index in [9.17, 15) is 9.59 Å². The molecule has 0 radical (unpaired) electrons. The van der Waals surface area contributed by atoms with Crippen LogP contribution in [0.3, 0.4) is 0 Å². The van der Waals surface area contributed by atoms with Gasteiger partial charge in [-0.1, -0.05) is 24.6 Å². The minimum atomic E-state index is -0.164. The van der Waals surface area contributed by atoms with Gasteiger partial charge in [-0.2, -0.15) is 0 Å². The zero-order valence-corrected chi connectivity index (χ0v) is 14.5. The van der Waals surface area contributed by atoms with Crippen molar-refractivity contribution in [2.24, 2.45) is 5.92 Å². The highest BCUT2D eigenvalue weighted by molar-refractivity contribution is 5.82. The number of urea groups is 1. The normalized spacial score (nSPS) is 22.5. The number of rotatable bonds is 3. The first-order valence-electron chi connectivity index (χ1n) is 9.02. The highest BCUT2D eigenvalue weighted by Crippen LogP contribution is 2.22. The Morgan fingerprint density at radius 2 is 2.12 bits per heavy atom.